The Morgan fingerprint density at radius 2 is 1.57 bits per heavy atom. The molecule has 1 aromatic heterocycles. The van der Waals surface area contributed by atoms with Crippen molar-refractivity contribution < 1.29 is 24.2 Å². The van der Waals surface area contributed by atoms with Crippen molar-refractivity contribution in [3.05, 3.63) is 83.4 Å². The van der Waals surface area contributed by atoms with E-state index in [-0.39, 0.29) is 30.5 Å². The Kier molecular flexibility index (Phi) is 6.77. The monoisotopic (exact) mass is 474 g/mol. The van der Waals surface area contributed by atoms with Gasteiger partial charge in [0.15, 0.2) is 0 Å². The lowest BCUT2D eigenvalue weighted by atomic mass is 9.97. The summed E-state index contributed by atoms with van der Waals surface area (Å²) < 4.78 is 5.58. The van der Waals surface area contributed by atoms with Crippen molar-refractivity contribution in [2.75, 3.05) is 6.61 Å². The number of carbonyl (C=O) groups excluding carboxylic acids is 2. The molecule has 2 amide bonds. The summed E-state index contributed by atoms with van der Waals surface area (Å²) in [6, 6.07) is 16.1. The van der Waals surface area contributed by atoms with Gasteiger partial charge in [0, 0.05) is 18.3 Å². The number of alkyl carbamates (subject to hydrolysis) is 1. The summed E-state index contributed by atoms with van der Waals surface area (Å²) in [5.41, 5.74) is 3.21. The molecule has 1 aliphatic rings. The van der Waals surface area contributed by atoms with Gasteiger partial charge in [0.05, 0.1) is 12.1 Å². The van der Waals surface area contributed by atoms with Gasteiger partial charge >= 0.3 is 12.1 Å². The van der Waals surface area contributed by atoms with Crippen LogP contribution in [0.4, 0.5) is 4.79 Å². The number of aromatic nitrogens is 2. The van der Waals surface area contributed by atoms with Crippen LogP contribution in [-0.4, -0.2) is 45.2 Å². The fourth-order valence-corrected chi connectivity index (χ4v) is 4.08. The predicted octanol–water partition coefficient (Wildman–Crippen LogP) is 3.50. The zero-order valence-corrected chi connectivity index (χ0v) is 19.4. The molecule has 3 aromatic rings. The molecular formula is C26H26N4O5. The van der Waals surface area contributed by atoms with Crippen LogP contribution in [0.25, 0.3) is 11.1 Å². The van der Waals surface area contributed by atoms with Gasteiger partial charge < -0.3 is 20.5 Å². The van der Waals surface area contributed by atoms with Crippen LogP contribution < -0.4 is 10.6 Å². The van der Waals surface area contributed by atoms with E-state index in [0.29, 0.717) is 6.42 Å². The fourth-order valence-electron chi connectivity index (χ4n) is 4.08. The molecular weight excluding hydrogens is 448 g/mol. The molecule has 0 bridgehead atoms. The van der Waals surface area contributed by atoms with Crippen molar-refractivity contribution in [2.24, 2.45) is 0 Å². The summed E-state index contributed by atoms with van der Waals surface area (Å²) in [4.78, 5) is 44.3. The van der Waals surface area contributed by atoms with Gasteiger partial charge in [-0.15, -0.1) is 0 Å². The Morgan fingerprint density at radius 1 is 1.00 bits per heavy atom. The summed E-state index contributed by atoms with van der Waals surface area (Å²) in [5.74, 6) is -1.39. The molecule has 0 radical (unpaired) electrons. The summed E-state index contributed by atoms with van der Waals surface area (Å²) in [6.45, 7) is 3.52. The number of carboxylic acids is 1. The maximum atomic E-state index is 12.8. The van der Waals surface area contributed by atoms with E-state index >= 15 is 0 Å². The zero-order valence-electron chi connectivity index (χ0n) is 19.4. The average molecular weight is 475 g/mol. The molecule has 0 saturated heterocycles. The van der Waals surface area contributed by atoms with Gasteiger partial charge in [-0.05, 0) is 35.6 Å². The highest BCUT2D eigenvalue weighted by molar-refractivity contribution is 5.89. The number of ether oxygens (including phenoxy) is 1. The third kappa shape index (κ3) is 4.98. The van der Waals surface area contributed by atoms with E-state index in [1.165, 1.54) is 12.4 Å². The van der Waals surface area contributed by atoms with Gasteiger partial charge in [-0.1, -0.05) is 55.5 Å². The van der Waals surface area contributed by atoms with Crippen LogP contribution in [0.1, 0.15) is 53.5 Å². The maximum Gasteiger partial charge on any atom is 0.408 e. The second kappa shape index (κ2) is 9.92. The highest BCUT2D eigenvalue weighted by Gasteiger charge is 2.35. The first-order chi connectivity index (χ1) is 16.8. The van der Waals surface area contributed by atoms with E-state index in [9.17, 15) is 14.4 Å². The fraction of sp³-hybridized carbons (Fsp3) is 0.269. The average Bonchev–Trinajstić information content (AvgIpc) is 3.19. The van der Waals surface area contributed by atoms with Crippen LogP contribution in [-0.2, 0) is 16.1 Å². The first-order valence-corrected chi connectivity index (χ1v) is 11.3. The highest BCUT2D eigenvalue weighted by Crippen LogP contribution is 2.44. The number of carbonyl (C=O) groups is 3. The molecule has 3 N–H and O–H groups in total. The van der Waals surface area contributed by atoms with Gasteiger partial charge in [0.1, 0.15) is 18.0 Å². The van der Waals surface area contributed by atoms with Crippen molar-refractivity contribution >= 4 is 18.0 Å². The molecule has 1 heterocycles. The van der Waals surface area contributed by atoms with Crippen molar-refractivity contribution in [1.82, 2.24) is 20.6 Å². The number of aromatic carboxylic acids is 1. The minimum Gasteiger partial charge on any atom is -0.478 e. The summed E-state index contributed by atoms with van der Waals surface area (Å²) in [6.07, 6.45) is 1.98. The largest absolute Gasteiger partial charge is 0.478 e. The lowest BCUT2D eigenvalue weighted by Gasteiger charge is -2.28. The van der Waals surface area contributed by atoms with Crippen LogP contribution >= 0.6 is 0 Å². The SMILES string of the molecule is CCC(C)(NC(=O)OCC1c2ccccc2-c2ccccc21)C(=O)NCc1ncc(C(=O)O)cn1. The maximum absolute atomic E-state index is 12.8. The number of nitrogens with zero attached hydrogens (tertiary/aromatic N) is 2. The third-order valence-electron chi connectivity index (χ3n) is 6.29. The topological polar surface area (TPSA) is 131 Å². The Bertz CT molecular complexity index is 1220. The molecule has 180 valence electrons. The Morgan fingerprint density at radius 3 is 2.11 bits per heavy atom. The van der Waals surface area contributed by atoms with E-state index < -0.39 is 23.5 Å². The second-order valence-corrected chi connectivity index (χ2v) is 8.51. The van der Waals surface area contributed by atoms with E-state index in [4.69, 9.17) is 9.84 Å². The lowest BCUT2D eigenvalue weighted by Crippen LogP contribution is -2.56. The molecule has 0 fully saturated rings. The molecule has 1 aliphatic carbocycles. The number of fused-ring (bicyclic) bond motifs is 3. The van der Waals surface area contributed by atoms with Crippen LogP contribution in [0.15, 0.2) is 60.9 Å². The Hall–Kier alpha value is -4.27. The Labute approximate surface area is 202 Å². The molecule has 9 heteroatoms. The number of benzene rings is 2. The molecule has 2 aromatic carbocycles. The molecule has 0 saturated carbocycles. The van der Waals surface area contributed by atoms with Crippen LogP contribution in [0.3, 0.4) is 0 Å². The standard InChI is InChI=1S/C26H26N4O5/c1-3-26(2,24(33)29-14-22-27-12-16(13-28-22)23(31)32)30-25(34)35-15-21-19-10-6-4-8-17(19)18-9-5-7-11-20(18)21/h4-13,21H,3,14-15H2,1-2H3,(H,29,33)(H,30,34)(H,31,32). The van der Waals surface area contributed by atoms with Crippen molar-refractivity contribution in [3.63, 3.8) is 0 Å². The molecule has 35 heavy (non-hydrogen) atoms. The van der Waals surface area contributed by atoms with E-state index in [1.807, 2.05) is 36.4 Å². The smallest absolute Gasteiger partial charge is 0.408 e. The predicted molar refractivity (Wildman–Crippen MR) is 128 cm³/mol. The van der Waals surface area contributed by atoms with E-state index in [0.717, 1.165) is 22.3 Å². The highest BCUT2D eigenvalue weighted by atomic mass is 16.5. The first-order valence-electron chi connectivity index (χ1n) is 11.3. The summed E-state index contributed by atoms with van der Waals surface area (Å²) >= 11 is 0. The molecule has 1 unspecified atom stereocenters. The van der Waals surface area contributed by atoms with Gasteiger partial charge in [-0.2, -0.15) is 0 Å². The molecule has 0 spiro atoms. The Balaban J connectivity index is 1.36. The van der Waals surface area contributed by atoms with Gasteiger partial charge in [0.25, 0.3) is 0 Å². The zero-order chi connectivity index (χ0) is 25.0. The number of rotatable bonds is 8. The lowest BCUT2D eigenvalue weighted by molar-refractivity contribution is -0.127. The van der Waals surface area contributed by atoms with Crippen LogP contribution in [0.2, 0.25) is 0 Å². The van der Waals surface area contributed by atoms with Crippen LogP contribution in [0, 0.1) is 0 Å². The molecule has 9 nitrogen and oxygen atoms in total. The van der Waals surface area contributed by atoms with Crippen LogP contribution in [0.5, 0.6) is 0 Å². The van der Waals surface area contributed by atoms with Crippen molar-refractivity contribution in [2.45, 2.75) is 38.3 Å². The van der Waals surface area contributed by atoms with Gasteiger partial charge in [-0.25, -0.2) is 19.6 Å². The minimum absolute atomic E-state index is 0.0132. The van der Waals surface area contributed by atoms with Gasteiger partial charge in [0.2, 0.25) is 5.91 Å². The summed E-state index contributed by atoms with van der Waals surface area (Å²) in [7, 11) is 0. The molecule has 0 aliphatic heterocycles. The normalized spacial score (nSPS) is 13.8. The quantitative estimate of drug-likeness (QED) is 0.455. The van der Waals surface area contributed by atoms with E-state index in [1.54, 1.807) is 13.8 Å². The van der Waals surface area contributed by atoms with Crippen molar-refractivity contribution in [3.8, 4) is 11.1 Å². The number of hydrogen-bond acceptors (Lipinski definition) is 6. The first kappa shape index (κ1) is 23.9. The summed E-state index contributed by atoms with van der Waals surface area (Å²) in [5, 5.41) is 14.3. The number of amides is 2. The second-order valence-electron chi connectivity index (χ2n) is 8.51. The number of hydrogen-bond donors (Lipinski definition) is 3. The van der Waals surface area contributed by atoms with Gasteiger partial charge in [-0.3, -0.25) is 4.79 Å². The van der Waals surface area contributed by atoms with E-state index in [2.05, 4.69) is 32.7 Å². The van der Waals surface area contributed by atoms with Crippen molar-refractivity contribution in [1.29, 1.82) is 0 Å². The minimum atomic E-state index is -1.22. The third-order valence-corrected chi connectivity index (χ3v) is 6.29. The number of carboxylic acid groups (broad SMARTS) is 1. The molecule has 1 atom stereocenters. The number of nitrogens with one attached hydrogen (secondary N) is 2. The molecule has 4 rings (SSSR count).